The summed E-state index contributed by atoms with van der Waals surface area (Å²) in [6.07, 6.45) is 0. The van der Waals surface area contributed by atoms with Crippen molar-refractivity contribution in [3.63, 3.8) is 0 Å². The standard InChI is InChI=1S/C27H24BrN3O3S/c1-34-25-22(17-18-5-2-3-6-21(18)24(25)28)26(32)29-19-8-10-20(11-9-19)30-12-14-31(15-13-30)27(33)23-7-4-16-35-23/h2-11,16-17H,12-15H2,1H3,(H,29,32). The first kappa shape index (κ1) is 23.4. The molecule has 35 heavy (non-hydrogen) atoms. The molecule has 5 rings (SSSR count). The molecular weight excluding hydrogens is 526 g/mol. The fraction of sp³-hybridized carbons (Fsp3) is 0.185. The molecule has 2 amide bonds. The predicted octanol–water partition coefficient (Wildman–Crippen LogP) is 5.89. The average Bonchev–Trinajstić information content (AvgIpc) is 3.44. The zero-order chi connectivity index (χ0) is 24.4. The highest BCUT2D eigenvalue weighted by molar-refractivity contribution is 9.10. The van der Waals surface area contributed by atoms with Crippen LogP contribution in [0.25, 0.3) is 10.8 Å². The molecule has 0 aliphatic carbocycles. The van der Waals surface area contributed by atoms with Gasteiger partial charge in [-0.25, -0.2) is 0 Å². The van der Waals surface area contributed by atoms with Crippen molar-refractivity contribution < 1.29 is 14.3 Å². The minimum absolute atomic E-state index is 0.105. The monoisotopic (exact) mass is 549 g/mol. The molecule has 0 unspecified atom stereocenters. The minimum atomic E-state index is -0.234. The molecule has 1 saturated heterocycles. The summed E-state index contributed by atoms with van der Waals surface area (Å²) in [6, 6.07) is 21.3. The van der Waals surface area contributed by atoms with E-state index in [1.54, 1.807) is 7.11 Å². The van der Waals surface area contributed by atoms with Crippen LogP contribution in [0.5, 0.6) is 5.75 Å². The molecule has 0 bridgehead atoms. The number of halogens is 1. The van der Waals surface area contributed by atoms with E-state index >= 15 is 0 Å². The summed E-state index contributed by atoms with van der Waals surface area (Å²) in [6.45, 7) is 2.91. The summed E-state index contributed by atoms with van der Waals surface area (Å²) in [4.78, 5) is 30.6. The van der Waals surface area contributed by atoms with Gasteiger partial charge in [0.05, 0.1) is 22.0 Å². The Labute approximate surface area is 216 Å². The number of hydrogen-bond acceptors (Lipinski definition) is 5. The molecule has 2 heterocycles. The lowest BCUT2D eigenvalue weighted by Crippen LogP contribution is -2.48. The summed E-state index contributed by atoms with van der Waals surface area (Å²) in [7, 11) is 1.56. The van der Waals surface area contributed by atoms with Crippen LogP contribution < -0.4 is 15.0 Å². The van der Waals surface area contributed by atoms with Gasteiger partial charge in [-0.15, -0.1) is 11.3 Å². The fourth-order valence-electron chi connectivity index (χ4n) is 4.33. The average molecular weight is 550 g/mol. The zero-order valence-corrected chi connectivity index (χ0v) is 21.6. The van der Waals surface area contributed by atoms with Gasteiger partial charge in [0.25, 0.3) is 11.8 Å². The summed E-state index contributed by atoms with van der Waals surface area (Å²) in [5, 5.41) is 6.86. The van der Waals surface area contributed by atoms with Crippen LogP contribution in [0.15, 0.2) is 76.6 Å². The molecule has 1 fully saturated rings. The van der Waals surface area contributed by atoms with Crippen molar-refractivity contribution in [1.29, 1.82) is 0 Å². The fourth-order valence-corrected chi connectivity index (χ4v) is 5.76. The van der Waals surface area contributed by atoms with Gasteiger partial charge in [-0.05, 0) is 68.5 Å². The third-order valence-electron chi connectivity index (χ3n) is 6.18. The van der Waals surface area contributed by atoms with Crippen molar-refractivity contribution in [2.24, 2.45) is 0 Å². The Bertz CT molecular complexity index is 1360. The number of anilines is 2. The Hall–Kier alpha value is -3.36. The molecule has 1 aromatic heterocycles. The summed E-state index contributed by atoms with van der Waals surface area (Å²) < 4.78 is 6.31. The van der Waals surface area contributed by atoms with Crippen LogP contribution >= 0.6 is 27.3 Å². The van der Waals surface area contributed by atoms with Gasteiger partial charge in [-0.2, -0.15) is 0 Å². The number of rotatable bonds is 5. The highest BCUT2D eigenvalue weighted by Crippen LogP contribution is 2.37. The van der Waals surface area contributed by atoms with E-state index in [4.69, 9.17) is 4.74 Å². The number of nitrogens with zero attached hydrogens (tertiary/aromatic N) is 2. The van der Waals surface area contributed by atoms with Crippen molar-refractivity contribution in [3.05, 3.63) is 87.0 Å². The molecule has 0 saturated carbocycles. The first-order chi connectivity index (χ1) is 17.0. The molecule has 1 aliphatic rings. The molecule has 8 heteroatoms. The number of benzene rings is 3. The number of methoxy groups -OCH3 is 1. The first-order valence-corrected chi connectivity index (χ1v) is 13.0. The molecule has 178 valence electrons. The lowest BCUT2D eigenvalue weighted by molar-refractivity contribution is 0.0751. The Balaban J connectivity index is 1.25. The Morgan fingerprint density at radius 2 is 1.71 bits per heavy atom. The number of fused-ring (bicyclic) bond motifs is 1. The SMILES string of the molecule is COc1c(C(=O)Nc2ccc(N3CCN(C(=O)c4cccs4)CC3)cc2)cc2ccccc2c1Br. The zero-order valence-electron chi connectivity index (χ0n) is 19.2. The maximum atomic E-state index is 13.1. The second-order valence-corrected chi connectivity index (χ2v) is 9.99. The number of piperazine rings is 1. The number of carbonyl (C=O) groups excluding carboxylic acids is 2. The van der Waals surface area contributed by atoms with Crippen LogP contribution in [0.1, 0.15) is 20.0 Å². The quantitative estimate of drug-likeness (QED) is 0.337. The van der Waals surface area contributed by atoms with Gasteiger partial charge in [-0.3, -0.25) is 9.59 Å². The third kappa shape index (κ3) is 4.76. The van der Waals surface area contributed by atoms with E-state index in [2.05, 4.69) is 26.1 Å². The lowest BCUT2D eigenvalue weighted by Gasteiger charge is -2.36. The van der Waals surface area contributed by atoms with Gasteiger partial charge in [0.15, 0.2) is 0 Å². The van der Waals surface area contributed by atoms with Crippen LogP contribution in [0, 0.1) is 0 Å². The number of amides is 2. The molecule has 1 N–H and O–H groups in total. The van der Waals surface area contributed by atoms with Crippen LogP contribution in [0.4, 0.5) is 11.4 Å². The van der Waals surface area contributed by atoms with Gasteiger partial charge in [-0.1, -0.05) is 30.3 Å². The van der Waals surface area contributed by atoms with E-state index in [0.29, 0.717) is 30.1 Å². The lowest BCUT2D eigenvalue weighted by atomic mass is 10.0. The summed E-state index contributed by atoms with van der Waals surface area (Å²) >= 11 is 5.07. The van der Waals surface area contributed by atoms with Crippen molar-refractivity contribution in [2.75, 3.05) is 43.5 Å². The second-order valence-electron chi connectivity index (χ2n) is 8.25. The second kappa shape index (κ2) is 10.1. The van der Waals surface area contributed by atoms with E-state index in [-0.39, 0.29) is 11.8 Å². The molecule has 1 aliphatic heterocycles. The largest absolute Gasteiger partial charge is 0.495 e. The van der Waals surface area contributed by atoms with E-state index in [0.717, 1.165) is 38.9 Å². The van der Waals surface area contributed by atoms with E-state index in [9.17, 15) is 9.59 Å². The third-order valence-corrected chi connectivity index (χ3v) is 7.82. The highest BCUT2D eigenvalue weighted by atomic mass is 79.9. The molecule has 3 aromatic carbocycles. The van der Waals surface area contributed by atoms with Crippen molar-refractivity contribution in [3.8, 4) is 5.75 Å². The van der Waals surface area contributed by atoms with Crippen molar-refractivity contribution in [2.45, 2.75) is 0 Å². The van der Waals surface area contributed by atoms with Crippen LogP contribution in [-0.4, -0.2) is 50.0 Å². The Morgan fingerprint density at radius 1 is 0.971 bits per heavy atom. The summed E-state index contributed by atoms with van der Waals surface area (Å²) in [5.74, 6) is 0.378. The van der Waals surface area contributed by atoms with Crippen LogP contribution in [-0.2, 0) is 0 Å². The topological polar surface area (TPSA) is 61.9 Å². The molecule has 0 spiro atoms. The Morgan fingerprint density at radius 3 is 2.40 bits per heavy atom. The minimum Gasteiger partial charge on any atom is -0.495 e. The van der Waals surface area contributed by atoms with E-state index in [1.165, 1.54) is 11.3 Å². The van der Waals surface area contributed by atoms with Gasteiger partial charge in [0.2, 0.25) is 0 Å². The maximum absolute atomic E-state index is 13.1. The van der Waals surface area contributed by atoms with E-state index < -0.39 is 0 Å². The number of hydrogen-bond donors (Lipinski definition) is 1. The van der Waals surface area contributed by atoms with Gasteiger partial charge < -0.3 is 19.9 Å². The molecule has 0 atom stereocenters. The van der Waals surface area contributed by atoms with Crippen molar-refractivity contribution >= 4 is 61.2 Å². The smallest absolute Gasteiger partial charge is 0.264 e. The molecular formula is C27H24BrN3O3S. The van der Waals surface area contributed by atoms with Crippen LogP contribution in [0.2, 0.25) is 0 Å². The normalized spacial score (nSPS) is 13.7. The maximum Gasteiger partial charge on any atom is 0.264 e. The van der Waals surface area contributed by atoms with Gasteiger partial charge >= 0.3 is 0 Å². The van der Waals surface area contributed by atoms with Gasteiger partial charge in [0, 0.05) is 37.6 Å². The molecule has 0 radical (unpaired) electrons. The van der Waals surface area contributed by atoms with Gasteiger partial charge in [0.1, 0.15) is 5.75 Å². The number of thiophene rings is 1. The number of nitrogens with one attached hydrogen (secondary N) is 1. The van der Waals surface area contributed by atoms with Crippen LogP contribution in [0.3, 0.4) is 0 Å². The number of ether oxygens (including phenoxy) is 1. The summed E-state index contributed by atoms with van der Waals surface area (Å²) in [5.41, 5.74) is 2.24. The van der Waals surface area contributed by atoms with Crippen molar-refractivity contribution in [1.82, 2.24) is 4.90 Å². The first-order valence-electron chi connectivity index (χ1n) is 11.3. The van der Waals surface area contributed by atoms with E-state index in [1.807, 2.05) is 77.0 Å². The molecule has 4 aromatic rings. The highest BCUT2D eigenvalue weighted by Gasteiger charge is 2.23. The molecule has 6 nitrogen and oxygen atoms in total. The Kier molecular flexibility index (Phi) is 6.74. The predicted molar refractivity (Wildman–Crippen MR) is 145 cm³/mol. The number of carbonyl (C=O) groups is 2.